The van der Waals surface area contributed by atoms with Crippen molar-refractivity contribution in [2.45, 2.75) is 13.3 Å². The predicted molar refractivity (Wildman–Crippen MR) is 43.6 cm³/mol. The highest BCUT2D eigenvalue weighted by atomic mass is 16.7. The van der Waals surface area contributed by atoms with E-state index < -0.39 is 0 Å². The van der Waals surface area contributed by atoms with Gasteiger partial charge in [-0.05, 0) is 6.92 Å². The van der Waals surface area contributed by atoms with E-state index >= 15 is 0 Å². The lowest BCUT2D eigenvalue weighted by Gasteiger charge is -2.12. The number of ether oxygens (including phenoxy) is 2. The Kier molecular flexibility index (Phi) is 3.52. The Morgan fingerprint density at radius 3 is 3.27 bits per heavy atom. The van der Waals surface area contributed by atoms with Gasteiger partial charge >= 0.3 is 6.08 Å². The molecule has 0 amide bonds. The van der Waals surface area contributed by atoms with Crippen molar-refractivity contribution >= 4 is 6.08 Å². The summed E-state index contributed by atoms with van der Waals surface area (Å²) in [6.07, 6.45) is 5.29. The Morgan fingerprint density at radius 1 is 1.73 bits per heavy atom. The molecule has 1 rings (SSSR count). The van der Waals surface area contributed by atoms with Gasteiger partial charge in [-0.15, -0.1) is 0 Å². The van der Waals surface area contributed by atoms with E-state index in [0.29, 0.717) is 12.7 Å². The topological polar surface area (TPSA) is 30.8 Å². The molecule has 0 spiro atoms. The molecule has 0 saturated carbocycles. The summed E-state index contributed by atoms with van der Waals surface area (Å²) in [7, 11) is 0. The lowest BCUT2D eigenvalue weighted by molar-refractivity contribution is 0.165. The number of nitrogens with zero attached hydrogens (tertiary/aromatic N) is 1. The zero-order valence-corrected chi connectivity index (χ0v) is 6.75. The van der Waals surface area contributed by atoms with Crippen LogP contribution in [0.4, 0.5) is 0 Å². The second-order valence-corrected chi connectivity index (χ2v) is 2.23. The largest absolute Gasteiger partial charge is 0.451 e. The highest BCUT2D eigenvalue weighted by Crippen LogP contribution is 1.97. The number of allylic oxidation sites excluding steroid dienone is 1. The number of hydrogen-bond acceptors (Lipinski definition) is 3. The van der Waals surface area contributed by atoms with Crippen molar-refractivity contribution < 1.29 is 9.47 Å². The molecule has 11 heavy (non-hydrogen) atoms. The molecule has 0 radical (unpaired) electrons. The van der Waals surface area contributed by atoms with Crippen molar-refractivity contribution in [1.29, 1.82) is 0 Å². The third-order valence-corrected chi connectivity index (χ3v) is 1.31. The molecular weight excluding hydrogens is 142 g/mol. The molecule has 0 bridgehead atoms. The molecule has 0 fully saturated rings. The summed E-state index contributed by atoms with van der Waals surface area (Å²) < 4.78 is 10.3. The normalized spacial score (nSPS) is 17.7. The van der Waals surface area contributed by atoms with Crippen molar-refractivity contribution in [2.75, 3.05) is 19.8 Å². The third kappa shape index (κ3) is 3.07. The Morgan fingerprint density at radius 2 is 2.64 bits per heavy atom. The first-order chi connectivity index (χ1) is 5.43. The fourth-order valence-corrected chi connectivity index (χ4v) is 0.743. The molecule has 0 aromatic heterocycles. The maximum atomic E-state index is 5.16. The maximum Gasteiger partial charge on any atom is 0.383 e. The molecule has 0 aliphatic carbocycles. The SMILES string of the molecule is CC=CCOC1=NCCCO1. The Balaban J connectivity index is 2.19. The van der Waals surface area contributed by atoms with Crippen LogP contribution in [0.25, 0.3) is 0 Å². The lowest BCUT2D eigenvalue weighted by Crippen LogP contribution is -2.16. The molecule has 0 atom stereocenters. The number of rotatable bonds is 2. The van der Waals surface area contributed by atoms with Gasteiger partial charge in [0.25, 0.3) is 0 Å². The molecule has 62 valence electrons. The van der Waals surface area contributed by atoms with Crippen LogP contribution in [0.5, 0.6) is 0 Å². The highest BCUT2D eigenvalue weighted by Gasteiger charge is 2.04. The van der Waals surface area contributed by atoms with Gasteiger partial charge in [-0.3, -0.25) is 0 Å². The summed E-state index contributed by atoms with van der Waals surface area (Å²) in [5.74, 6) is 0. The van der Waals surface area contributed by atoms with Crippen molar-refractivity contribution in [3.05, 3.63) is 12.2 Å². The Labute approximate surface area is 66.7 Å². The van der Waals surface area contributed by atoms with Gasteiger partial charge in [0.15, 0.2) is 0 Å². The molecule has 1 heterocycles. The first-order valence-electron chi connectivity index (χ1n) is 3.84. The molecule has 3 heteroatoms. The molecule has 0 N–H and O–H groups in total. The van der Waals surface area contributed by atoms with Gasteiger partial charge in [0.05, 0.1) is 6.61 Å². The van der Waals surface area contributed by atoms with Crippen molar-refractivity contribution in [1.82, 2.24) is 0 Å². The van der Waals surface area contributed by atoms with Gasteiger partial charge in [-0.2, -0.15) is 0 Å². The standard InChI is InChI=1S/C8H13NO2/c1-2-3-6-10-8-9-5-4-7-11-8/h2-3H,4-7H2,1H3. The third-order valence-electron chi connectivity index (χ3n) is 1.31. The van der Waals surface area contributed by atoms with E-state index in [1.54, 1.807) is 0 Å². The molecule has 0 aromatic carbocycles. The van der Waals surface area contributed by atoms with Gasteiger partial charge < -0.3 is 9.47 Å². The second-order valence-electron chi connectivity index (χ2n) is 2.23. The minimum Gasteiger partial charge on any atom is -0.451 e. The summed E-state index contributed by atoms with van der Waals surface area (Å²) in [4.78, 5) is 4.04. The van der Waals surface area contributed by atoms with Crippen LogP contribution in [-0.2, 0) is 9.47 Å². The molecule has 0 saturated heterocycles. The summed E-state index contributed by atoms with van der Waals surface area (Å²) in [6.45, 7) is 4.06. The minimum absolute atomic E-state index is 0.439. The van der Waals surface area contributed by atoms with E-state index in [9.17, 15) is 0 Å². The average molecular weight is 155 g/mol. The maximum absolute atomic E-state index is 5.16. The first-order valence-corrected chi connectivity index (χ1v) is 3.84. The van der Waals surface area contributed by atoms with Crippen molar-refractivity contribution in [3.8, 4) is 0 Å². The van der Waals surface area contributed by atoms with Crippen molar-refractivity contribution in [3.63, 3.8) is 0 Å². The lowest BCUT2D eigenvalue weighted by atomic mass is 10.4. The van der Waals surface area contributed by atoms with E-state index in [4.69, 9.17) is 9.47 Å². The minimum atomic E-state index is 0.439. The zero-order valence-electron chi connectivity index (χ0n) is 6.75. The van der Waals surface area contributed by atoms with Crippen LogP contribution in [0, 0.1) is 0 Å². The Bertz CT molecular complexity index is 163. The van der Waals surface area contributed by atoms with Crippen molar-refractivity contribution in [2.24, 2.45) is 4.99 Å². The van der Waals surface area contributed by atoms with Gasteiger partial charge in [0, 0.05) is 13.0 Å². The van der Waals surface area contributed by atoms with Crippen LogP contribution in [0.3, 0.4) is 0 Å². The predicted octanol–water partition coefficient (Wildman–Crippen LogP) is 1.36. The zero-order chi connectivity index (χ0) is 7.94. The molecule has 0 unspecified atom stereocenters. The fourth-order valence-electron chi connectivity index (χ4n) is 0.743. The smallest absolute Gasteiger partial charge is 0.383 e. The molecule has 0 aromatic rings. The van der Waals surface area contributed by atoms with Gasteiger partial charge in [-0.1, -0.05) is 12.2 Å². The highest BCUT2D eigenvalue weighted by molar-refractivity contribution is 5.67. The monoisotopic (exact) mass is 155 g/mol. The first kappa shape index (κ1) is 8.11. The van der Waals surface area contributed by atoms with Crippen LogP contribution in [-0.4, -0.2) is 25.8 Å². The molecule has 3 nitrogen and oxygen atoms in total. The van der Waals surface area contributed by atoms with E-state index in [1.807, 2.05) is 19.1 Å². The van der Waals surface area contributed by atoms with Crippen LogP contribution in [0.1, 0.15) is 13.3 Å². The number of hydrogen-bond donors (Lipinski definition) is 0. The Hall–Kier alpha value is -0.990. The van der Waals surface area contributed by atoms with Crippen LogP contribution in [0.15, 0.2) is 17.1 Å². The fraction of sp³-hybridized carbons (Fsp3) is 0.625. The van der Waals surface area contributed by atoms with E-state index in [0.717, 1.165) is 19.6 Å². The summed E-state index contributed by atoms with van der Waals surface area (Å²) in [6, 6.07) is 0. The number of aliphatic imine (C=N–C) groups is 1. The summed E-state index contributed by atoms with van der Waals surface area (Å²) in [5, 5.41) is 0. The molecule has 1 aliphatic rings. The van der Waals surface area contributed by atoms with Gasteiger partial charge in [-0.25, -0.2) is 4.99 Å². The van der Waals surface area contributed by atoms with E-state index in [-0.39, 0.29) is 0 Å². The summed E-state index contributed by atoms with van der Waals surface area (Å²) in [5.41, 5.74) is 0. The quantitative estimate of drug-likeness (QED) is 0.564. The second kappa shape index (κ2) is 4.77. The van der Waals surface area contributed by atoms with E-state index in [2.05, 4.69) is 4.99 Å². The van der Waals surface area contributed by atoms with Crippen LogP contribution >= 0.6 is 0 Å². The van der Waals surface area contributed by atoms with Crippen LogP contribution in [0.2, 0.25) is 0 Å². The molecule has 1 aliphatic heterocycles. The summed E-state index contributed by atoms with van der Waals surface area (Å²) >= 11 is 0. The van der Waals surface area contributed by atoms with E-state index in [1.165, 1.54) is 0 Å². The average Bonchev–Trinajstić information content (AvgIpc) is 2.07. The molecular formula is C8H13NO2. The van der Waals surface area contributed by atoms with Gasteiger partial charge in [0.1, 0.15) is 6.61 Å². The van der Waals surface area contributed by atoms with Gasteiger partial charge in [0.2, 0.25) is 0 Å². The van der Waals surface area contributed by atoms with Crippen LogP contribution < -0.4 is 0 Å².